The molecule has 1 aromatic rings. The minimum atomic E-state index is -0.193. The third-order valence-electron chi connectivity index (χ3n) is 4.58. The van der Waals surface area contributed by atoms with Gasteiger partial charge in [-0.1, -0.05) is 0 Å². The van der Waals surface area contributed by atoms with Crippen LogP contribution < -0.4 is 5.32 Å². The molecule has 2 fully saturated rings. The number of esters is 1. The van der Waals surface area contributed by atoms with Crippen LogP contribution in [0.3, 0.4) is 0 Å². The SMILES string of the molecule is COC(=O)[C@@H]1[C@H]2CC[C@@H](C2)[C@H]1NC(=O)Cn1cccn1. The monoisotopic (exact) mass is 277 g/mol. The zero-order chi connectivity index (χ0) is 14.1. The smallest absolute Gasteiger partial charge is 0.311 e. The van der Waals surface area contributed by atoms with E-state index in [9.17, 15) is 9.59 Å². The lowest BCUT2D eigenvalue weighted by Gasteiger charge is -2.29. The molecule has 6 nitrogen and oxygen atoms in total. The van der Waals surface area contributed by atoms with Crippen LogP contribution in [0.1, 0.15) is 19.3 Å². The van der Waals surface area contributed by atoms with E-state index in [1.807, 2.05) is 0 Å². The summed E-state index contributed by atoms with van der Waals surface area (Å²) in [5.74, 6) is 0.301. The molecule has 6 heteroatoms. The number of fused-ring (bicyclic) bond motifs is 2. The Morgan fingerprint density at radius 1 is 1.40 bits per heavy atom. The van der Waals surface area contributed by atoms with Crippen LogP contribution in [0.5, 0.6) is 0 Å². The largest absolute Gasteiger partial charge is 0.469 e. The second kappa shape index (κ2) is 5.26. The second-order valence-electron chi connectivity index (χ2n) is 5.68. The molecule has 3 rings (SSSR count). The van der Waals surface area contributed by atoms with Gasteiger partial charge in [0, 0.05) is 18.4 Å². The van der Waals surface area contributed by atoms with Crippen molar-refractivity contribution in [2.24, 2.45) is 17.8 Å². The second-order valence-corrected chi connectivity index (χ2v) is 5.68. The molecule has 0 aromatic carbocycles. The molecule has 2 aliphatic rings. The van der Waals surface area contributed by atoms with Gasteiger partial charge in [-0.3, -0.25) is 14.3 Å². The Morgan fingerprint density at radius 2 is 2.20 bits per heavy atom. The van der Waals surface area contributed by atoms with Crippen LogP contribution in [0.25, 0.3) is 0 Å². The van der Waals surface area contributed by atoms with E-state index in [0.29, 0.717) is 11.8 Å². The zero-order valence-electron chi connectivity index (χ0n) is 11.5. The number of rotatable bonds is 4. The minimum Gasteiger partial charge on any atom is -0.469 e. The maximum atomic E-state index is 12.1. The van der Waals surface area contributed by atoms with Crippen molar-refractivity contribution in [1.29, 1.82) is 0 Å². The fraction of sp³-hybridized carbons (Fsp3) is 0.643. The number of aromatic nitrogens is 2. The molecule has 2 aliphatic carbocycles. The standard InChI is InChI=1S/C14H19N3O3/c1-20-14(19)12-9-3-4-10(7-9)13(12)16-11(18)8-17-6-2-5-15-17/h2,5-6,9-10,12-13H,3-4,7-8H2,1H3,(H,16,18)/t9-,10-,12+,13+/m0/s1. The normalized spacial score (nSPS) is 31.2. The van der Waals surface area contributed by atoms with Crippen molar-refractivity contribution in [3.05, 3.63) is 18.5 Å². The molecule has 0 radical (unpaired) electrons. The highest BCUT2D eigenvalue weighted by molar-refractivity contribution is 5.79. The van der Waals surface area contributed by atoms with Gasteiger partial charge < -0.3 is 10.1 Å². The van der Waals surface area contributed by atoms with Crippen molar-refractivity contribution >= 4 is 11.9 Å². The maximum absolute atomic E-state index is 12.1. The van der Waals surface area contributed by atoms with E-state index >= 15 is 0 Å². The summed E-state index contributed by atoms with van der Waals surface area (Å²) >= 11 is 0. The number of hydrogen-bond donors (Lipinski definition) is 1. The van der Waals surface area contributed by atoms with Crippen LogP contribution in [-0.4, -0.2) is 34.8 Å². The van der Waals surface area contributed by atoms with Crippen LogP contribution in [-0.2, 0) is 20.9 Å². The molecule has 0 saturated heterocycles. The fourth-order valence-corrected chi connectivity index (χ4v) is 3.75. The molecule has 0 spiro atoms. The number of nitrogens with one attached hydrogen (secondary N) is 1. The van der Waals surface area contributed by atoms with Crippen molar-refractivity contribution in [1.82, 2.24) is 15.1 Å². The molecule has 1 heterocycles. The van der Waals surface area contributed by atoms with E-state index in [0.717, 1.165) is 19.3 Å². The fourth-order valence-electron chi connectivity index (χ4n) is 3.75. The van der Waals surface area contributed by atoms with Gasteiger partial charge >= 0.3 is 5.97 Å². The molecule has 1 amide bonds. The van der Waals surface area contributed by atoms with Crippen molar-refractivity contribution < 1.29 is 14.3 Å². The highest BCUT2D eigenvalue weighted by Crippen LogP contribution is 2.48. The van der Waals surface area contributed by atoms with Crippen LogP contribution >= 0.6 is 0 Å². The van der Waals surface area contributed by atoms with Crippen LogP contribution in [0.2, 0.25) is 0 Å². The van der Waals surface area contributed by atoms with E-state index in [1.165, 1.54) is 7.11 Å². The summed E-state index contributed by atoms with van der Waals surface area (Å²) in [4.78, 5) is 24.0. The maximum Gasteiger partial charge on any atom is 0.311 e. The molecule has 2 saturated carbocycles. The topological polar surface area (TPSA) is 73.2 Å². The van der Waals surface area contributed by atoms with Crippen molar-refractivity contribution in [2.75, 3.05) is 7.11 Å². The van der Waals surface area contributed by atoms with E-state index in [2.05, 4.69) is 10.4 Å². The summed E-state index contributed by atoms with van der Waals surface area (Å²) in [5.41, 5.74) is 0. The van der Waals surface area contributed by atoms with Crippen molar-refractivity contribution in [3.63, 3.8) is 0 Å². The molecule has 20 heavy (non-hydrogen) atoms. The van der Waals surface area contributed by atoms with Gasteiger partial charge in [0.1, 0.15) is 6.54 Å². The summed E-state index contributed by atoms with van der Waals surface area (Å²) < 4.78 is 6.48. The number of nitrogens with zero attached hydrogens (tertiary/aromatic N) is 2. The quantitative estimate of drug-likeness (QED) is 0.817. The number of carbonyl (C=O) groups is 2. The number of ether oxygens (including phenoxy) is 1. The number of hydrogen-bond acceptors (Lipinski definition) is 4. The Kier molecular flexibility index (Phi) is 3.46. The predicted octanol–water partition coefficient (Wildman–Crippen LogP) is 0.587. The first-order valence-corrected chi connectivity index (χ1v) is 7.03. The average molecular weight is 277 g/mol. The van der Waals surface area contributed by atoms with Gasteiger partial charge in [-0.25, -0.2) is 0 Å². The summed E-state index contributed by atoms with van der Waals surface area (Å²) in [5, 5.41) is 7.03. The van der Waals surface area contributed by atoms with E-state index in [-0.39, 0.29) is 30.4 Å². The number of amides is 1. The molecule has 4 atom stereocenters. The Hall–Kier alpha value is -1.85. The Bertz CT molecular complexity index is 500. The zero-order valence-corrected chi connectivity index (χ0v) is 11.5. The summed E-state index contributed by atoms with van der Waals surface area (Å²) in [6.45, 7) is 0.189. The van der Waals surface area contributed by atoms with E-state index in [1.54, 1.807) is 23.1 Å². The molecule has 1 N–H and O–H groups in total. The molecule has 0 aliphatic heterocycles. The average Bonchev–Trinajstić information content (AvgIpc) is 3.14. The Labute approximate surface area is 117 Å². The molecular weight excluding hydrogens is 258 g/mol. The van der Waals surface area contributed by atoms with Gasteiger partial charge in [-0.15, -0.1) is 0 Å². The van der Waals surface area contributed by atoms with Crippen LogP contribution in [0.15, 0.2) is 18.5 Å². The minimum absolute atomic E-state index is 0.0794. The van der Waals surface area contributed by atoms with Gasteiger partial charge in [-0.05, 0) is 37.2 Å². The van der Waals surface area contributed by atoms with Crippen molar-refractivity contribution in [3.8, 4) is 0 Å². The third-order valence-corrected chi connectivity index (χ3v) is 4.58. The van der Waals surface area contributed by atoms with E-state index < -0.39 is 0 Å². The molecule has 108 valence electrons. The first-order chi connectivity index (χ1) is 9.69. The molecule has 2 bridgehead atoms. The first kappa shape index (κ1) is 13.1. The van der Waals surface area contributed by atoms with Gasteiger partial charge in [0.05, 0.1) is 13.0 Å². The first-order valence-electron chi connectivity index (χ1n) is 7.03. The molecule has 1 aromatic heterocycles. The van der Waals surface area contributed by atoms with Crippen LogP contribution in [0.4, 0.5) is 0 Å². The summed E-state index contributed by atoms with van der Waals surface area (Å²) in [7, 11) is 1.41. The van der Waals surface area contributed by atoms with Crippen molar-refractivity contribution in [2.45, 2.75) is 31.8 Å². The molecular formula is C14H19N3O3. The highest BCUT2D eigenvalue weighted by Gasteiger charge is 2.51. The number of methoxy groups -OCH3 is 1. The van der Waals surface area contributed by atoms with Gasteiger partial charge in [-0.2, -0.15) is 5.10 Å². The highest BCUT2D eigenvalue weighted by atomic mass is 16.5. The number of carbonyl (C=O) groups excluding carboxylic acids is 2. The molecule has 0 unspecified atom stereocenters. The Morgan fingerprint density at radius 3 is 2.90 bits per heavy atom. The van der Waals surface area contributed by atoms with Gasteiger partial charge in [0.15, 0.2) is 0 Å². The van der Waals surface area contributed by atoms with Gasteiger partial charge in [0.25, 0.3) is 0 Å². The lowest BCUT2D eigenvalue weighted by atomic mass is 9.84. The summed E-state index contributed by atoms with van der Waals surface area (Å²) in [6.07, 6.45) is 6.56. The van der Waals surface area contributed by atoms with E-state index in [4.69, 9.17) is 4.74 Å². The Balaban J connectivity index is 1.66. The van der Waals surface area contributed by atoms with Gasteiger partial charge in [0.2, 0.25) is 5.91 Å². The predicted molar refractivity (Wildman–Crippen MR) is 70.5 cm³/mol. The van der Waals surface area contributed by atoms with Crippen LogP contribution in [0, 0.1) is 17.8 Å². The summed E-state index contributed by atoms with van der Waals surface area (Å²) in [6, 6.07) is 1.70. The third kappa shape index (κ3) is 2.30. The lowest BCUT2D eigenvalue weighted by Crippen LogP contribution is -2.48. The lowest BCUT2D eigenvalue weighted by molar-refractivity contribution is -0.148.